The molecule has 0 amide bonds. The summed E-state index contributed by atoms with van der Waals surface area (Å²) >= 11 is 0. The first-order valence-corrected chi connectivity index (χ1v) is 4.25. The van der Waals surface area contributed by atoms with E-state index in [9.17, 15) is 9.59 Å². The van der Waals surface area contributed by atoms with E-state index in [0.29, 0.717) is 12.3 Å². The maximum atomic E-state index is 10.4. The fourth-order valence-electron chi connectivity index (χ4n) is 1.81. The highest BCUT2D eigenvalue weighted by Gasteiger charge is 2.20. The molecular formula is C9H14O2. The lowest BCUT2D eigenvalue weighted by atomic mass is 9.81. The minimum Gasteiger partial charge on any atom is -0.303 e. The largest absolute Gasteiger partial charge is 0.303 e. The van der Waals surface area contributed by atoms with Crippen LogP contribution in [-0.4, -0.2) is 12.6 Å². The fourth-order valence-corrected chi connectivity index (χ4v) is 1.81. The molecule has 1 saturated carbocycles. The van der Waals surface area contributed by atoms with Crippen molar-refractivity contribution in [3.63, 3.8) is 0 Å². The number of hydrogen-bond donors (Lipinski definition) is 0. The Balaban J connectivity index is 2.32. The van der Waals surface area contributed by atoms with Crippen molar-refractivity contribution in [2.75, 3.05) is 0 Å². The first kappa shape index (κ1) is 8.44. The van der Waals surface area contributed by atoms with Gasteiger partial charge in [0.1, 0.15) is 12.6 Å². The third-order valence-electron chi connectivity index (χ3n) is 2.45. The van der Waals surface area contributed by atoms with Crippen molar-refractivity contribution in [3.8, 4) is 0 Å². The average molecular weight is 154 g/mol. The average Bonchev–Trinajstić information content (AvgIpc) is 2.06. The van der Waals surface area contributed by atoms with Crippen molar-refractivity contribution in [3.05, 3.63) is 0 Å². The van der Waals surface area contributed by atoms with Gasteiger partial charge in [-0.2, -0.15) is 0 Å². The zero-order chi connectivity index (χ0) is 8.10. The Labute approximate surface area is 67.0 Å². The number of aldehydes is 2. The Kier molecular flexibility index (Phi) is 3.27. The minimum atomic E-state index is 0.230. The van der Waals surface area contributed by atoms with Crippen molar-refractivity contribution < 1.29 is 9.59 Å². The number of carbonyl (C=O) groups excluding carboxylic acids is 2. The van der Waals surface area contributed by atoms with Crippen LogP contribution in [0.25, 0.3) is 0 Å². The number of rotatable bonds is 3. The van der Waals surface area contributed by atoms with Gasteiger partial charge in [-0.05, 0) is 25.2 Å². The van der Waals surface area contributed by atoms with Crippen LogP contribution in [0.15, 0.2) is 0 Å². The SMILES string of the molecule is O=CCC1CCCC(C=O)C1. The maximum Gasteiger partial charge on any atom is 0.123 e. The first-order valence-electron chi connectivity index (χ1n) is 4.25. The molecule has 2 atom stereocenters. The van der Waals surface area contributed by atoms with Gasteiger partial charge >= 0.3 is 0 Å². The van der Waals surface area contributed by atoms with Gasteiger partial charge in [0.25, 0.3) is 0 Å². The molecule has 62 valence electrons. The normalized spacial score (nSPS) is 31.3. The minimum absolute atomic E-state index is 0.230. The summed E-state index contributed by atoms with van der Waals surface area (Å²) in [5, 5.41) is 0. The summed E-state index contributed by atoms with van der Waals surface area (Å²) in [6, 6.07) is 0. The van der Waals surface area contributed by atoms with E-state index >= 15 is 0 Å². The van der Waals surface area contributed by atoms with Crippen molar-refractivity contribution in [2.24, 2.45) is 11.8 Å². The smallest absolute Gasteiger partial charge is 0.123 e. The molecule has 0 aromatic rings. The highest BCUT2D eigenvalue weighted by molar-refractivity contribution is 5.54. The molecule has 0 aliphatic heterocycles. The van der Waals surface area contributed by atoms with E-state index in [4.69, 9.17) is 0 Å². The summed E-state index contributed by atoms with van der Waals surface area (Å²) in [4.78, 5) is 20.6. The van der Waals surface area contributed by atoms with Crippen LogP contribution in [0.2, 0.25) is 0 Å². The second-order valence-corrected chi connectivity index (χ2v) is 3.33. The van der Waals surface area contributed by atoms with Crippen LogP contribution in [0, 0.1) is 11.8 Å². The van der Waals surface area contributed by atoms with Crippen molar-refractivity contribution in [1.82, 2.24) is 0 Å². The highest BCUT2D eigenvalue weighted by atomic mass is 16.1. The molecular weight excluding hydrogens is 140 g/mol. The predicted molar refractivity (Wildman–Crippen MR) is 42.2 cm³/mol. The van der Waals surface area contributed by atoms with Gasteiger partial charge in [-0.15, -0.1) is 0 Å². The van der Waals surface area contributed by atoms with Gasteiger partial charge in [-0.3, -0.25) is 0 Å². The Morgan fingerprint density at radius 2 is 2.09 bits per heavy atom. The molecule has 0 heterocycles. The van der Waals surface area contributed by atoms with E-state index < -0.39 is 0 Å². The topological polar surface area (TPSA) is 34.1 Å². The van der Waals surface area contributed by atoms with Gasteiger partial charge in [-0.1, -0.05) is 6.42 Å². The molecule has 2 unspecified atom stereocenters. The van der Waals surface area contributed by atoms with Crippen LogP contribution in [0.1, 0.15) is 32.1 Å². The molecule has 1 rings (SSSR count). The Morgan fingerprint density at radius 3 is 2.73 bits per heavy atom. The van der Waals surface area contributed by atoms with E-state index in [-0.39, 0.29) is 5.92 Å². The molecule has 1 aliphatic rings. The van der Waals surface area contributed by atoms with Gasteiger partial charge < -0.3 is 9.59 Å². The molecule has 0 bridgehead atoms. The monoisotopic (exact) mass is 154 g/mol. The van der Waals surface area contributed by atoms with Gasteiger partial charge in [0, 0.05) is 12.3 Å². The number of carbonyl (C=O) groups is 2. The van der Waals surface area contributed by atoms with E-state index in [0.717, 1.165) is 38.3 Å². The number of hydrogen-bond acceptors (Lipinski definition) is 2. The van der Waals surface area contributed by atoms with Crippen LogP contribution in [-0.2, 0) is 9.59 Å². The van der Waals surface area contributed by atoms with Crippen LogP contribution in [0.3, 0.4) is 0 Å². The van der Waals surface area contributed by atoms with E-state index in [2.05, 4.69) is 0 Å². The predicted octanol–water partition coefficient (Wildman–Crippen LogP) is 1.58. The molecule has 0 aromatic carbocycles. The molecule has 11 heavy (non-hydrogen) atoms. The molecule has 0 radical (unpaired) electrons. The lowest BCUT2D eigenvalue weighted by Crippen LogP contribution is -2.16. The fraction of sp³-hybridized carbons (Fsp3) is 0.778. The van der Waals surface area contributed by atoms with Gasteiger partial charge in [0.05, 0.1) is 0 Å². The van der Waals surface area contributed by atoms with Crippen molar-refractivity contribution in [1.29, 1.82) is 0 Å². The van der Waals surface area contributed by atoms with Crippen molar-refractivity contribution >= 4 is 12.6 Å². The molecule has 0 saturated heterocycles. The first-order chi connectivity index (χ1) is 5.36. The van der Waals surface area contributed by atoms with E-state index in [1.54, 1.807) is 0 Å². The highest BCUT2D eigenvalue weighted by Crippen LogP contribution is 2.29. The lowest BCUT2D eigenvalue weighted by Gasteiger charge is -2.23. The Hall–Kier alpha value is -0.660. The Morgan fingerprint density at radius 1 is 1.27 bits per heavy atom. The summed E-state index contributed by atoms with van der Waals surface area (Å²) in [5.41, 5.74) is 0. The molecule has 1 fully saturated rings. The van der Waals surface area contributed by atoms with Gasteiger partial charge in [0.15, 0.2) is 0 Å². The van der Waals surface area contributed by atoms with Gasteiger partial charge in [-0.25, -0.2) is 0 Å². The van der Waals surface area contributed by atoms with Crippen molar-refractivity contribution in [2.45, 2.75) is 32.1 Å². The molecule has 2 nitrogen and oxygen atoms in total. The summed E-state index contributed by atoms with van der Waals surface area (Å²) in [6.07, 6.45) is 6.85. The quantitative estimate of drug-likeness (QED) is 0.578. The molecule has 0 N–H and O–H groups in total. The maximum absolute atomic E-state index is 10.4. The molecule has 1 aliphatic carbocycles. The Bertz CT molecular complexity index is 142. The molecule has 0 spiro atoms. The molecule has 0 aromatic heterocycles. The second-order valence-electron chi connectivity index (χ2n) is 3.33. The summed E-state index contributed by atoms with van der Waals surface area (Å²) in [7, 11) is 0. The van der Waals surface area contributed by atoms with Crippen LogP contribution in [0.4, 0.5) is 0 Å². The summed E-state index contributed by atoms with van der Waals surface area (Å²) in [5.74, 6) is 0.713. The molecule has 2 heteroatoms. The van der Waals surface area contributed by atoms with Gasteiger partial charge in [0.2, 0.25) is 0 Å². The summed E-state index contributed by atoms with van der Waals surface area (Å²) in [6.45, 7) is 0. The third-order valence-corrected chi connectivity index (χ3v) is 2.45. The zero-order valence-corrected chi connectivity index (χ0v) is 6.66. The lowest BCUT2D eigenvalue weighted by molar-refractivity contribution is -0.113. The van der Waals surface area contributed by atoms with E-state index in [1.165, 1.54) is 0 Å². The van der Waals surface area contributed by atoms with E-state index in [1.807, 2.05) is 0 Å². The second kappa shape index (κ2) is 4.27. The third kappa shape index (κ3) is 2.45. The zero-order valence-electron chi connectivity index (χ0n) is 6.66. The van der Waals surface area contributed by atoms with Crippen LogP contribution in [0.5, 0.6) is 0 Å². The van der Waals surface area contributed by atoms with Crippen LogP contribution < -0.4 is 0 Å². The standard InChI is InChI=1S/C9H14O2/c10-5-4-8-2-1-3-9(6-8)7-11/h5,7-9H,1-4,6H2. The van der Waals surface area contributed by atoms with Crippen LogP contribution >= 0.6 is 0 Å². The summed E-state index contributed by atoms with van der Waals surface area (Å²) < 4.78 is 0.